The molecule has 0 N–H and O–H groups in total. The van der Waals surface area contributed by atoms with E-state index in [1.54, 1.807) is 5.56 Å². The van der Waals surface area contributed by atoms with E-state index in [9.17, 15) is 0 Å². The fourth-order valence-electron chi connectivity index (χ4n) is 6.43. The quantitative estimate of drug-likeness (QED) is 0.789. The average molecular weight is 342 g/mol. The fraction of sp³-hybridized carbons (Fsp3) is 0.714. The van der Waals surface area contributed by atoms with E-state index in [0.29, 0.717) is 0 Å². The highest BCUT2D eigenvalue weighted by Crippen LogP contribution is 2.53. The van der Waals surface area contributed by atoms with Crippen molar-refractivity contribution < 1.29 is 4.74 Å². The zero-order valence-corrected chi connectivity index (χ0v) is 15.1. The lowest BCUT2D eigenvalue weighted by Gasteiger charge is -2.57. The summed E-state index contributed by atoms with van der Waals surface area (Å²) in [5, 5.41) is 0.891. The molecular weight excluding hydrogens is 314 g/mol. The zero-order chi connectivity index (χ0) is 15.7. The van der Waals surface area contributed by atoms with E-state index in [4.69, 9.17) is 4.74 Å². The lowest BCUT2D eigenvalue weighted by Crippen LogP contribution is -2.59. The number of ether oxygens (including phenoxy) is 1. The predicted molar refractivity (Wildman–Crippen MR) is 98.7 cm³/mol. The van der Waals surface area contributed by atoms with E-state index in [-0.39, 0.29) is 0 Å². The van der Waals surface area contributed by atoms with E-state index >= 15 is 0 Å². The predicted octanol–water partition coefficient (Wildman–Crippen LogP) is 4.43. The van der Waals surface area contributed by atoms with Crippen molar-refractivity contribution >= 4 is 11.8 Å². The van der Waals surface area contributed by atoms with Gasteiger partial charge in [-0.1, -0.05) is 6.07 Å². The summed E-state index contributed by atoms with van der Waals surface area (Å²) >= 11 is 2.27. The second kappa shape index (κ2) is 5.41. The van der Waals surface area contributed by atoms with Crippen molar-refractivity contribution in [1.29, 1.82) is 0 Å². The van der Waals surface area contributed by atoms with Gasteiger partial charge in [0.15, 0.2) is 0 Å². The van der Waals surface area contributed by atoms with Crippen LogP contribution in [0.2, 0.25) is 0 Å². The molecular formula is C21H27NOS. The Labute approximate surface area is 149 Å². The molecule has 4 saturated heterocycles. The van der Waals surface area contributed by atoms with Gasteiger partial charge in [-0.05, 0) is 85.3 Å². The first kappa shape index (κ1) is 14.5. The molecule has 6 bridgehead atoms. The van der Waals surface area contributed by atoms with Gasteiger partial charge in [0.05, 0.1) is 0 Å². The molecule has 3 heteroatoms. The lowest BCUT2D eigenvalue weighted by atomic mass is 9.69. The van der Waals surface area contributed by atoms with Crippen molar-refractivity contribution in [2.45, 2.75) is 68.4 Å². The lowest BCUT2D eigenvalue weighted by molar-refractivity contribution is -0.0218. The molecule has 24 heavy (non-hydrogen) atoms. The molecule has 128 valence electrons. The zero-order valence-electron chi connectivity index (χ0n) is 14.3. The Morgan fingerprint density at radius 1 is 1.08 bits per heavy atom. The van der Waals surface area contributed by atoms with Crippen LogP contribution in [-0.4, -0.2) is 34.5 Å². The highest BCUT2D eigenvalue weighted by atomic mass is 32.2. The van der Waals surface area contributed by atoms with Crippen molar-refractivity contribution in [3.8, 4) is 5.75 Å². The molecule has 0 radical (unpaired) electrons. The maximum absolute atomic E-state index is 5.76. The second-order valence-electron chi connectivity index (χ2n) is 8.79. The molecule has 0 aromatic heterocycles. The Morgan fingerprint density at radius 3 is 2.62 bits per heavy atom. The molecule has 4 unspecified atom stereocenters. The van der Waals surface area contributed by atoms with Crippen LogP contribution in [0.15, 0.2) is 18.2 Å². The van der Waals surface area contributed by atoms with Crippen LogP contribution < -0.4 is 4.74 Å². The third kappa shape index (κ3) is 2.13. The number of piperidine rings is 2. The van der Waals surface area contributed by atoms with Gasteiger partial charge in [0.2, 0.25) is 0 Å². The van der Waals surface area contributed by atoms with Crippen LogP contribution in [-0.2, 0) is 6.61 Å². The van der Waals surface area contributed by atoms with Crippen LogP contribution in [0.3, 0.4) is 0 Å². The van der Waals surface area contributed by atoms with Crippen LogP contribution in [0, 0.1) is 11.8 Å². The molecule has 0 amide bonds. The van der Waals surface area contributed by atoms with Crippen molar-refractivity contribution in [2.24, 2.45) is 11.8 Å². The number of benzene rings is 1. The third-order valence-corrected chi connectivity index (χ3v) is 9.08. The summed E-state index contributed by atoms with van der Waals surface area (Å²) in [6.07, 6.45) is 8.83. The minimum Gasteiger partial charge on any atom is -0.489 e. The fourth-order valence-corrected chi connectivity index (χ4v) is 8.05. The minimum absolute atomic E-state index is 0.786. The number of nitrogens with zero attached hydrogens (tertiary/aromatic N) is 1. The molecule has 2 saturated carbocycles. The van der Waals surface area contributed by atoms with Crippen LogP contribution in [0.25, 0.3) is 0 Å². The van der Waals surface area contributed by atoms with Crippen LogP contribution in [0.5, 0.6) is 5.75 Å². The highest BCUT2D eigenvalue weighted by molar-refractivity contribution is 8.00. The maximum atomic E-state index is 5.76. The molecule has 8 aliphatic rings. The number of thioether (sulfide) groups is 1. The Hall–Kier alpha value is -0.670. The van der Waals surface area contributed by atoms with Gasteiger partial charge in [-0.3, -0.25) is 4.90 Å². The molecule has 1 aromatic rings. The Kier molecular flexibility index (Phi) is 3.27. The van der Waals surface area contributed by atoms with Crippen molar-refractivity contribution in [2.75, 3.05) is 12.3 Å². The molecule has 6 fully saturated rings. The molecule has 6 heterocycles. The monoisotopic (exact) mass is 341 g/mol. The number of rotatable bonds is 2. The topological polar surface area (TPSA) is 12.5 Å². The Bertz CT molecular complexity index is 653. The summed E-state index contributed by atoms with van der Waals surface area (Å²) in [6.45, 7) is 2.23. The van der Waals surface area contributed by atoms with Gasteiger partial charge in [0.25, 0.3) is 0 Å². The first-order valence-corrected chi connectivity index (χ1v) is 11.0. The van der Waals surface area contributed by atoms with Crippen molar-refractivity contribution in [1.82, 2.24) is 4.90 Å². The van der Waals surface area contributed by atoms with E-state index < -0.39 is 0 Å². The normalized spacial score (nSPS) is 43.2. The van der Waals surface area contributed by atoms with Crippen LogP contribution >= 0.6 is 11.8 Å². The van der Waals surface area contributed by atoms with E-state index in [1.807, 2.05) is 0 Å². The smallest absolute Gasteiger partial charge is 0.120 e. The number of hydrogen-bond donors (Lipinski definition) is 0. The first-order chi connectivity index (χ1) is 11.8. The summed E-state index contributed by atoms with van der Waals surface area (Å²) in [5.41, 5.74) is 3.10. The highest BCUT2D eigenvalue weighted by Gasteiger charge is 2.49. The Morgan fingerprint density at radius 2 is 2.00 bits per heavy atom. The molecule has 6 aliphatic heterocycles. The van der Waals surface area contributed by atoms with Crippen molar-refractivity contribution in [3.05, 3.63) is 29.3 Å². The van der Waals surface area contributed by atoms with E-state index in [2.05, 4.69) is 34.9 Å². The summed E-state index contributed by atoms with van der Waals surface area (Å²) in [6, 6.07) is 8.61. The largest absolute Gasteiger partial charge is 0.489 e. The minimum atomic E-state index is 0.786. The summed E-state index contributed by atoms with van der Waals surface area (Å²) in [7, 11) is 0. The molecule has 0 spiro atoms. The van der Waals surface area contributed by atoms with Gasteiger partial charge in [-0.25, -0.2) is 0 Å². The average Bonchev–Trinajstić information content (AvgIpc) is 2.70. The van der Waals surface area contributed by atoms with Gasteiger partial charge in [-0.15, -0.1) is 0 Å². The maximum Gasteiger partial charge on any atom is 0.120 e. The van der Waals surface area contributed by atoms with E-state index in [1.165, 1.54) is 56.4 Å². The summed E-state index contributed by atoms with van der Waals surface area (Å²) < 4.78 is 5.76. The second-order valence-corrected chi connectivity index (χ2v) is 10.1. The van der Waals surface area contributed by atoms with Gasteiger partial charge in [-0.2, -0.15) is 11.8 Å². The SMILES string of the molecule is c1cc2c(C3CC4CC(N5CC6CCC5CC6)C3CS4)cc1OC2. The van der Waals surface area contributed by atoms with Gasteiger partial charge in [0, 0.05) is 23.9 Å². The Balaban J connectivity index is 1.33. The molecule has 4 atom stereocenters. The van der Waals surface area contributed by atoms with Crippen LogP contribution in [0.4, 0.5) is 0 Å². The van der Waals surface area contributed by atoms with Crippen molar-refractivity contribution in [3.63, 3.8) is 0 Å². The number of fused-ring (bicyclic) bond motifs is 11. The summed E-state index contributed by atoms with van der Waals surface area (Å²) in [5.74, 6) is 5.15. The molecule has 1 aromatic carbocycles. The van der Waals surface area contributed by atoms with Gasteiger partial charge >= 0.3 is 0 Å². The standard InChI is InChI=1S/C21H27NOS/c1-4-15-5-2-13(1)10-22(15)21-9-17-8-19(20(21)12-24-17)18-7-16-6-3-14(18)11-23-16/h3,6-7,13,15,17,19-21H,1-2,4-5,8-12H2. The molecule has 9 rings (SSSR count). The first-order valence-electron chi connectivity index (χ1n) is 9.98. The number of hydrogen-bond acceptors (Lipinski definition) is 3. The van der Waals surface area contributed by atoms with E-state index in [0.717, 1.165) is 47.4 Å². The van der Waals surface area contributed by atoms with Gasteiger partial charge in [0.1, 0.15) is 12.4 Å². The summed E-state index contributed by atoms with van der Waals surface area (Å²) in [4.78, 5) is 2.99. The molecule has 2 nitrogen and oxygen atoms in total. The van der Waals surface area contributed by atoms with Gasteiger partial charge < -0.3 is 4.74 Å². The molecule has 2 aliphatic carbocycles. The third-order valence-electron chi connectivity index (χ3n) is 7.65. The van der Waals surface area contributed by atoms with Crippen LogP contribution in [0.1, 0.15) is 55.6 Å².